The van der Waals surface area contributed by atoms with Gasteiger partial charge in [-0.05, 0) is 40.0 Å². The summed E-state index contributed by atoms with van der Waals surface area (Å²) in [6.45, 7) is 1.54. The van der Waals surface area contributed by atoms with Crippen LogP contribution in [-0.4, -0.2) is 18.2 Å². The molecule has 0 saturated heterocycles. The van der Waals surface area contributed by atoms with Gasteiger partial charge in [-0.1, -0.05) is 6.92 Å². The van der Waals surface area contributed by atoms with Crippen LogP contribution < -0.4 is 4.74 Å². The van der Waals surface area contributed by atoms with E-state index in [9.17, 15) is 9.18 Å². The molecular weight excluding hydrogens is 279 g/mol. The predicted octanol–water partition coefficient (Wildman–Crippen LogP) is 2.86. The molecule has 0 fully saturated rings. The van der Waals surface area contributed by atoms with E-state index in [0.29, 0.717) is 11.3 Å². The molecule has 0 aromatic heterocycles. The van der Waals surface area contributed by atoms with Gasteiger partial charge in [0, 0.05) is 0 Å². The molecule has 1 rings (SSSR count). The number of benzene rings is 1. The second-order valence-electron chi connectivity index (χ2n) is 3.53. The molecule has 88 valence electrons. The second kappa shape index (κ2) is 5.30. The van der Waals surface area contributed by atoms with Gasteiger partial charge in [0.2, 0.25) is 0 Å². The van der Waals surface area contributed by atoms with Crippen LogP contribution in [0.5, 0.6) is 5.75 Å². The summed E-state index contributed by atoms with van der Waals surface area (Å²) in [5.74, 6) is -1.51. The number of hydrogen-bond donors (Lipinski definition) is 1. The molecule has 0 bridgehead atoms. The maximum Gasteiger partial charge on any atom is 0.306 e. The summed E-state index contributed by atoms with van der Waals surface area (Å²) in [6.07, 6.45) is 0.136. The summed E-state index contributed by atoms with van der Waals surface area (Å²) in [5.41, 5.74) is 0.334. The number of hydrogen-bond acceptors (Lipinski definition) is 2. The molecule has 1 aromatic carbocycles. The van der Waals surface area contributed by atoms with Gasteiger partial charge in [0.1, 0.15) is 11.6 Å². The number of rotatable bonds is 4. The van der Waals surface area contributed by atoms with E-state index in [1.54, 1.807) is 0 Å². The van der Waals surface area contributed by atoms with Crippen molar-refractivity contribution in [3.05, 3.63) is 28.0 Å². The minimum atomic E-state index is -0.946. The first-order valence-electron chi connectivity index (χ1n) is 4.70. The zero-order chi connectivity index (χ0) is 12.3. The highest BCUT2D eigenvalue weighted by molar-refractivity contribution is 9.10. The molecule has 1 aromatic rings. The first-order chi connectivity index (χ1) is 7.45. The van der Waals surface area contributed by atoms with Crippen molar-refractivity contribution in [3.63, 3.8) is 0 Å². The maximum atomic E-state index is 13.6. The van der Waals surface area contributed by atoms with Crippen LogP contribution in [0.3, 0.4) is 0 Å². The number of halogens is 2. The Kier molecular flexibility index (Phi) is 4.29. The zero-order valence-corrected chi connectivity index (χ0v) is 10.5. The van der Waals surface area contributed by atoms with Crippen LogP contribution in [0.2, 0.25) is 0 Å². The van der Waals surface area contributed by atoms with Crippen LogP contribution in [0.25, 0.3) is 0 Å². The minimum Gasteiger partial charge on any atom is -0.497 e. The van der Waals surface area contributed by atoms with Crippen molar-refractivity contribution in [2.75, 3.05) is 7.11 Å². The molecular formula is C11H12BrFO3. The van der Waals surface area contributed by atoms with Gasteiger partial charge in [-0.2, -0.15) is 0 Å². The molecule has 0 aliphatic carbocycles. The van der Waals surface area contributed by atoms with E-state index >= 15 is 0 Å². The average molecular weight is 291 g/mol. The Morgan fingerprint density at radius 1 is 1.62 bits per heavy atom. The van der Waals surface area contributed by atoms with Crippen LogP contribution in [0.15, 0.2) is 16.6 Å². The van der Waals surface area contributed by atoms with Gasteiger partial charge in [-0.3, -0.25) is 4.79 Å². The first kappa shape index (κ1) is 13.0. The van der Waals surface area contributed by atoms with Crippen molar-refractivity contribution in [2.24, 2.45) is 5.92 Å². The van der Waals surface area contributed by atoms with Crippen LogP contribution in [0.1, 0.15) is 12.5 Å². The van der Waals surface area contributed by atoms with Crippen LogP contribution in [-0.2, 0) is 11.2 Å². The lowest BCUT2D eigenvalue weighted by atomic mass is 10.0. The molecule has 0 saturated carbocycles. The van der Waals surface area contributed by atoms with E-state index in [0.717, 1.165) is 0 Å². The van der Waals surface area contributed by atoms with Gasteiger partial charge in [-0.25, -0.2) is 4.39 Å². The normalized spacial score (nSPS) is 12.2. The molecule has 5 heteroatoms. The third kappa shape index (κ3) is 2.95. The van der Waals surface area contributed by atoms with Crippen molar-refractivity contribution in [3.8, 4) is 5.75 Å². The summed E-state index contributed by atoms with van der Waals surface area (Å²) in [7, 11) is 1.48. The van der Waals surface area contributed by atoms with E-state index in [2.05, 4.69) is 15.9 Å². The Morgan fingerprint density at radius 2 is 2.25 bits per heavy atom. The number of ether oxygens (including phenoxy) is 1. The number of carboxylic acids is 1. The average Bonchev–Trinajstić information content (AvgIpc) is 2.24. The first-order valence-corrected chi connectivity index (χ1v) is 5.49. The molecule has 1 unspecified atom stereocenters. The topological polar surface area (TPSA) is 46.5 Å². The van der Waals surface area contributed by atoms with Crippen LogP contribution in [0, 0.1) is 11.7 Å². The quantitative estimate of drug-likeness (QED) is 0.927. The maximum absolute atomic E-state index is 13.6. The van der Waals surface area contributed by atoms with Gasteiger partial charge < -0.3 is 9.84 Å². The van der Waals surface area contributed by atoms with E-state index in [1.165, 1.54) is 26.2 Å². The molecule has 16 heavy (non-hydrogen) atoms. The summed E-state index contributed by atoms with van der Waals surface area (Å²) in [6, 6.07) is 3.02. The van der Waals surface area contributed by atoms with Crippen molar-refractivity contribution in [1.82, 2.24) is 0 Å². The summed E-state index contributed by atoms with van der Waals surface area (Å²) in [5, 5.41) is 8.76. The lowest BCUT2D eigenvalue weighted by Gasteiger charge is -2.10. The highest BCUT2D eigenvalue weighted by atomic mass is 79.9. The standard InChI is InChI=1S/C11H12BrFO3/c1-6(11(14)15)3-7-4-8(16-2)5-9(12)10(7)13/h4-6H,3H2,1-2H3,(H,14,15). The monoisotopic (exact) mass is 290 g/mol. The van der Waals surface area contributed by atoms with Crippen LogP contribution in [0.4, 0.5) is 4.39 Å². The molecule has 1 atom stereocenters. The molecule has 0 amide bonds. The number of aliphatic carboxylic acids is 1. The van der Waals surface area contributed by atoms with E-state index in [4.69, 9.17) is 9.84 Å². The molecule has 0 spiro atoms. The number of carbonyl (C=O) groups is 1. The minimum absolute atomic E-state index is 0.136. The Morgan fingerprint density at radius 3 is 2.75 bits per heavy atom. The molecule has 1 N–H and O–H groups in total. The van der Waals surface area contributed by atoms with Gasteiger partial charge >= 0.3 is 5.97 Å². The molecule has 0 aliphatic heterocycles. The third-order valence-corrected chi connectivity index (χ3v) is 2.84. The van der Waals surface area contributed by atoms with Crippen molar-refractivity contribution >= 4 is 21.9 Å². The van der Waals surface area contributed by atoms with Crippen molar-refractivity contribution in [1.29, 1.82) is 0 Å². The number of carboxylic acid groups (broad SMARTS) is 1. The Labute approximate surface area is 101 Å². The fourth-order valence-corrected chi connectivity index (χ4v) is 1.78. The Bertz CT molecular complexity index is 406. The molecule has 0 radical (unpaired) electrons. The second-order valence-corrected chi connectivity index (χ2v) is 4.38. The Hall–Kier alpha value is -1.10. The summed E-state index contributed by atoms with van der Waals surface area (Å²) in [4.78, 5) is 10.7. The zero-order valence-electron chi connectivity index (χ0n) is 8.96. The van der Waals surface area contributed by atoms with Crippen molar-refractivity contribution in [2.45, 2.75) is 13.3 Å². The summed E-state index contributed by atoms with van der Waals surface area (Å²) < 4.78 is 18.9. The highest BCUT2D eigenvalue weighted by Crippen LogP contribution is 2.27. The van der Waals surface area contributed by atoms with Crippen LogP contribution >= 0.6 is 15.9 Å². The smallest absolute Gasteiger partial charge is 0.306 e. The van der Waals surface area contributed by atoms with Crippen molar-refractivity contribution < 1.29 is 19.0 Å². The van der Waals surface area contributed by atoms with E-state index < -0.39 is 17.7 Å². The van der Waals surface area contributed by atoms with E-state index in [-0.39, 0.29) is 10.9 Å². The van der Waals surface area contributed by atoms with Gasteiger partial charge in [0.25, 0.3) is 0 Å². The Balaban J connectivity index is 3.03. The lowest BCUT2D eigenvalue weighted by molar-refractivity contribution is -0.141. The SMILES string of the molecule is COc1cc(Br)c(F)c(CC(C)C(=O)O)c1. The number of methoxy groups -OCH3 is 1. The van der Waals surface area contributed by atoms with Gasteiger partial charge in [-0.15, -0.1) is 0 Å². The van der Waals surface area contributed by atoms with Gasteiger partial charge in [0.05, 0.1) is 17.5 Å². The fraction of sp³-hybridized carbons (Fsp3) is 0.364. The molecule has 0 aliphatic rings. The largest absolute Gasteiger partial charge is 0.497 e. The predicted molar refractivity (Wildman–Crippen MR) is 61.2 cm³/mol. The molecule has 0 heterocycles. The summed E-state index contributed by atoms with van der Waals surface area (Å²) >= 11 is 3.06. The third-order valence-electron chi connectivity index (χ3n) is 2.26. The fourth-order valence-electron chi connectivity index (χ4n) is 1.30. The highest BCUT2D eigenvalue weighted by Gasteiger charge is 2.16. The van der Waals surface area contributed by atoms with E-state index in [1.807, 2.05) is 0 Å². The lowest BCUT2D eigenvalue weighted by Crippen LogP contribution is -2.13. The molecule has 3 nitrogen and oxygen atoms in total. The van der Waals surface area contributed by atoms with Gasteiger partial charge in [0.15, 0.2) is 0 Å².